The van der Waals surface area contributed by atoms with Gasteiger partial charge in [0.1, 0.15) is 0 Å². The van der Waals surface area contributed by atoms with Gasteiger partial charge in [-0.15, -0.1) is 0 Å². The van der Waals surface area contributed by atoms with Crippen LogP contribution in [0, 0.1) is 13.8 Å². The summed E-state index contributed by atoms with van der Waals surface area (Å²) in [6.07, 6.45) is 4.25. The summed E-state index contributed by atoms with van der Waals surface area (Å²) < 4.78 is 0. The summed E-state index contributed by atoms with van der Waals surface area (Å²) in [4.78, 5) is 3.41. The highest BCUT2D eigenvalue weighted by molar-refractivity contribution is 6.30. The van der Waals surface area contributed by atoms with Gasteiger partial charge in [-0.3, -0.25) is 0 Å². The Morgan fingerprint density at radius 2 is 1.88 bits per heavy atom. The predicted octanol–water partition coefficient (Wildman–Crippen LogP) is 5.33. The first-order chi connectivity index (χ1) is 11.6. The maximum atomic E-state index is 6.12. The van der Waals surface area contributed by atoms with Crippen LogP contribution in [0.2, 0.25) is 5.02 Å². The minimum Gasteiger partial charge on any atom is -0.361 e. The van der Waals surface area contributed by atoms with E-state index in [2.05, 4.69) is 55.5 Å². The highest BCUT2D eigenvalue weighted by atomic mass is 35.5. The molecule has 24 heavy (non-hydrogen) atoms. The van der Waals surface area contributed by atoms with Gasteiger partial charge < -0.3 is 10.3 Å². The average Bonchev–Trinajstić information content (AvgIpc) is 2.91. The molecule has 2 N–H and O–H groups in total. The number of aromatic amines is 1. The first-order valence-electron chi connectivity index (χ1n) is 8.63. The van der Waals surface area contributed by atoms with E-state index in [9.17, 15) is 0 Å². The third-order valence-electron chi connectivity index (χ3n) is 4.61. The first kappa shape index (κ1) is 17.1. The summed E-state index contributed by atoms with van der Waals surface area (Å²) >= 11 is 6.12. The lowest BCUT2D eigenvalue weighted by atomic mass is 10.0. The molecule has 0 amide bonds. The number of hydrogen-bond acceptors (Lipinski definition) is 1. The predicted molar refractivity (Wildman–Crippen MR) is 104 cm³/mol. The van der Waals surface area contributed by atoms with E-state index >= 15 is 0 Å². The number of H-pyrrole nitrogens is 1. The fourth-order valence-corrected chi connectivity index (χ4v) is 3.65. The van der Waals surface area contributed by atoms with Crippen molar-refractivity contribution in [3.8, 4) is 0 Å². The van der Waals surface area contributed by atoms with Gasteiger partial charge >= 0.3 is 0 Å². The van der Waals surface area contributed by atoms with Crippen molar-refractivity contribution < 1.29 is 0 Å². The zero-order valence-electron chi connectivity index (χ0n) is 14.7. The van der Waals surface area contributed by atoms with Crippen LogP contribution < -0.4 is 5.32 Å². The second-order valence-electron chi connectivity index (χ2n) is 6.56. The Balaban J connectivity index is 1.63. The topological polar surface area (TPSA) is 27.8 Å². The van der Waals surface area contributed by atoms with Crippen LogP contribution in [0.4, 0.5) is 0 Å². The fourth-order valence-electron chi connectivity index (χ4n) is 3.34. The molecule has 3 rings (SSSR count). The molecule has 0 aliphatic carbocycles. The van der Waals surface area contributed by atoms with Crippen molar-refractivity contribution in [3.63, 3.8) is 0 Å². The van der Waals surface area contributed by atoms with E-state index in [0.29, 0.717) is 0 Å². The molecule has 0 fully saturated rings. The fraction of sp³-hybridized carbons (Fsp3) is 0.333. The molecule has 0 bridgehead atoms. The minimum atomic E-state index is 0.811. The van der Waals surface area contributed by atoms with Crippen molar-refractivity contribution in [1.29, 1.82) is 0 Å². The molecular formula is C21H25ClN2. The lowest BCUT2D eigenvalue weighted by molar-refractivity contribution is 0.688. The van der Waals surface area contributed by atoms with Crippen LogP contribution in [-0.2, 0) is 19.4 Å². The second-order valence-corrected chi connectivity index (χ2v) is 6.99. The van der Waals surface area contributed by atoms with Gasteiger partial charge in [0.15, 0.2) is 0 Å². The summed E-state index contributed by atoms with van der Waals surface area (Å²) in [6.45, 7) is 8.29. The van der Waals surface area contributed by atoms with E-state index in [4.69, 9.17) is 11.6 Å². The maximum Gasteiger partial charge on any atom is 0.0459 e. The Hall–Kier alpha value is -1.77. The molecule has 0 aliphatic rings. The van der Waals surface area contributed by atoms with Gasteiger partial charge in [0, 0.05) is 28.7 Å². The quantitative estimate of drug-likeness (QED) is 0.583. The van der Waals surface area contributed by atoms with Crippen LogP contribution in [0.25, 0.3) is 10.9 Å². The SMILES string of the molecule is CCc1cc2c(CCNCc3cc(C)cc(Cl)c3)c[nH]c2cc1C. The smallest absolute Gasteiger partial charge is 0.0459 e. The number of benzene rings is 2. The third kappa shape index (κ3) is 3.82. The number of aromatic nitrogens is 1. The molecule has 0 aliphatic heterocycles. The van der Waals surface area contributed by atoms with Crippen LogP contribution in [0.5, 0.6) is 0 Å². The molecule has 0 atom stereocenters. The van der Waals surface area contributed by atoms with Crippen LogP contribution >= 0.6 is 11.6 Å². The third-order valence-corrected chi connectivity index (χ3v) is 4.83. The first-order valence-corrected chi connectivity index (χ1v) is 9.01. The summed E-state index contributed by atoms with van der Waals surface area (Å²) in [5.41, 5.74) is 7.87. The molecule has 0 radical (unpaired) electrons. The van der Waals surface area contributed by atoms with E-state index < -0.39 is 0 Å². The Morgan fingerprint density at radius 3 is 2.62 bits per heavy atom. The molecule has 0 unspecified atom stereocenters. The Kier molecular flexibility index (Phi) is 5.27. The summed E-state index contributed by atoms with van der Waals surface area (Å²) in [7, 11) is 0. The average molecular weight is 341 g/mol. The van der Waals surface area contributed by atoms with E-state index in [1.54, 1.807) is 0 Å². The van der Waals surface area contributed by atoms with Crippen LogP contribution in [0.15, 0.2) is 36.5 Å². The van der Waals surface area contributed by atoms with E-state index in [0.717, 1.165) is 31.0 Å². The molecule has 0 spiro atoms. The summed E-state index contributed by atoms with van der Waals surface area (Å²) in [5.74, 6) is 0. The van der Waals surface area contributed by atoms with Gasteiger partial charge in [0.25, 0.3) is 0 Å². The van der Waals surface area contributed by atoms with Crippen molar-refractivity contribution in [1.82, 2.24) is 10.3 Å². The van der Waals surface area contributed by atoms with Gasteiger partial charge in [-0.1, -0.05) is 24.6 Å². The van der Waals surface area contributed by atoms with Gasteiger partial charge in [-0.25, -0.2) is 0 Å². The number of fused-ring (bicyclic) bond motifs is 1. The van der Waals surface area contributed by atoms with Crippen molar-refractivity contribution in [2.75, 3.05) is 6.54 Å². The Bertz CT molecular complexity index is 828. The minimum absolute atomic E-state index is 0.811. The standard InChI is InChI=1S/C21H25ClN2/c1-4-17-11-20-18(13-24-21(20)9-15(17)3)5-6-23-12-16-7-14(2)8-19(22)10-16/h7-11,13,23-24H,4-6,12H2,1-3H3. The normalized spacial score (nSPS) is 11.3. The Labute approximate surface area is 149 Å². The molecule has 3 heteroatoms. The molecule has 1 heterocycles. The van der Waals surface area contributed by atoms with Gasteiger partial charge in [-0.2, -0.15) is 0 Å². The number of aryl methyl sites for hydroxylation is 3. The molecule has 2 nitrogen and oxygen atoms in total. The zero-order chi connectivity index (χ0) is 17.1. The van der Waals surface area contributed by atoms with E-state index in [-0.39, 0.29) is 0 Å². The molecule has 0 saturated carbocycles. The molecule has 1 aromatic heterocycles. The van der Waals surface area contributed by atoms with Gasteiger partial charge in [0.05, 0.1) is 0 Å². The van der Waals surface area contributed by atoms with Gasteiger partial charge in [0.2, 0.25) is 0 Å². The second kappa shape index (κ2) is 7.42. The molecule has 126 valence electrons. The lowest BCUT2D eigenvalue weighted by Gasteiger charge is -2.07. The van der Waals surface area contributed by atoms with Gasteiger partial charge in [-0.05, 0) is 85.3 Å². The molecule has 0 saturated heterocycles. The molecular weight excluding hydrogens is 316 g/mol. The maximum absolute atomic E-state index is 6.12. The van der Waals surface area contributed by atoms with Crippen LogP contribution in [0.1, 0.15) is 34.7 Å². The highest BCUT2D eigenvalue weighted by Crippen LogP contribution is 2.23. The monoisotopic (exact) mass is 340 g/mol. The molecule has 2 aromatic carbocycles. The van der Waals surface area contributed by atoms with E-state index in [1.165, 1.54) is 38.7 Å². The zero-order valence-corrected chi connectivity index (χ0v) is 15.4. The summed E-state index contributed by atoms with van der Waals surface area (Å²) in [5, 5.41) is 5.70. The van der Waals surface area contributed by atoms with Crippen molar-refractivity contribution in [2.45, 2.75) is 40.2 Å². The van der Waals surface area contributed by atoms with E-state index in [1.807, 2.05) is 12.1 Å². The lowest BCUT2D eigenvalue weighted by Crippen LogP contribution is -2.16. The number of rotatable bonds is 6. The number of hydrogen-bond donors (Lipinski definition) is 2. The summed E-state index contributed by atoms with van der Waals surface area (Å²) in [6, 6.07) is 10.8. The van der Waals surface area contributed by atoms with Crippen molar-refractivity contribution in [2.24, 2.45) is 0 Å². The largest absolute Gasteiger partial charge is 0.361 e. The van der Waals surface area contributed by atoms with Crippen molar-refractivity contribution >= 4 is 22.5 Å². The van der Waals surface area contributed by atoms with Crippen LogP contribution in [-0.4, -0.2) is 11.5 Å². The van der Waals surface area contributed by atoms with Crippen LogP contribution in [0.3, 0.4) is 0 Å². The number of halogens is 1. The Morgan fingerprint density at radius 1 is 1.04 bits per heavy atom. The molecule has 3 aromatic rings. The number of nitrogens with one attached hydrogen (secondary N) is 2. The van der Waals surface area contributed by atoms with Crippen molar-refractivity contribution in [3.05, 3.63) is 69.4 Å². The highest BCUT2D eigenvalue weighted by Gasteiger charge is 2.07.